The fourth-order valence-electron chi connectivity index (χ4n) is 1.32. The topological polar surface area (TPSA) is 67.8 Å². The van der Waals surface area contributed by atoms with Crippen molar-refractivity contribution in [2.45, 2.75) is 13.0 Å². The summed E-state index contributed by atoms with van der Waals surface area (Å²) in [6.07, 6.45) is 0.550. The summed E-state index contributed by atoms with van der Waals surface area (Å²) in [5.41, 5.74) is 0.659. The molecule has 0 bridgehead atoms. The lowest BCUT2D eigenvalue weighted by Gasteiger charge is -2.12. The first-order valence-corrected chi connectivity index (χ1v) is 6.07. The Labute approximate surface area is 112 Å². The number of hydrogen-bond acceptors (Lipinski definition) is 4. The van der Waals surface area contributed by atoms with Crippen molar-refractivity contribution in [3.05, 3.63) is 36.9 Å². The van der Waals surface area contributed by atoms with E-state index in [0.29, 0.717) is 18.0 Å². The molecule has 1 aromatic rings. The first-order valence-electron chi connectivity index (χ1n) is 6.07. The number of carbonyl (C=O) groups is 1. The predicted molar refractivity (Wildman–Crippen MR) is 73.3 cm³/mol. The summed E-state index contributed by atoms with van der Waals surface area (Å²) in [7, 11) is 0. The highest BCUT2D eigenvalue weighted by molar-refractivity contribution is 5.98. The highest BCUT2D eigenvalue weighted by Gasteiger charge is 2.05. The lowest BCUT2D eigenvalue weighted by Crippen LogP contribution is -2.23. The molecule has 2 N–H and O–H groups in total. The van der Waals surface area contributed by atoms with Crippen LogP contribution in [0.3, 0.4) is 0 Å². The number of carbonyl (C=O) groups excluding carboxylic acids is 1. The molecule has 0 aliphatic carbocycles. The summed E-state index contributed by atoms with van der Waals surface area (Å²) in [5.74, 6) is 0.355. The van der Waals surface area contributed by atoms with Gasteiger partial charge in [0.05, 0.1) is 6.61 Å². The zero-order valence-corrected chi connectivity index (χ0v) is 11.0. The summed E-state index contributed by atoms with van der Waals surface area (Å²) in [6.45, 7) is 6.22. The first-order chi connectivity index (χ1) is 9.15. The molecule has 0 aliphatic rings. The Bertz CT molecular complexity index is 402. The quantitative estimate of drug-likeness (QED) is 0.700. The van der Waals surface area contributed by atoms with Crippen LogP contribution in [0.5, 0.6) is 5.75 Å². The molecule has 1 rings (SSSR count). The minimum Gasteiger partial charge on any atom is -0.491 e. The molecule has 0 aromatic heterocycles. The largest absolute Gasteiger partial charge is 0.491 e. The molecule has 0 saturated carbocycles. The molecule has 1 aromatic carbocycles. The lowest BCUT2D eigenvalue weighted by molar-refractivity contribution is -0.111. The number of aliphatic hydroxyl groups excluding tert-OH is 1. The van der Waals surface area contributed by atoms with E-state index in [1.165, 1.54) is 6.08 Å². The van der Waals surface area contributed by atoms with Crippen LogP contribution < -0.4 is 10.1 Å². The maximum absolute atomic E-state index is 11.1. The van der Waals surface area contributed by atoms with Crippen LogP contribution in [0, 0.1) is 0 Å². The van der Waals surface area contributed by atoms with Gasteiger partial charge in [-0.3, -0.25) is 4.79 Å². The number of hydrogen-bond donors (Lipinski definition) is 2. The Morgan fingerprint density at radius 2 is 2.11 bits per heavy atom. The van der Waals surface area contributed by atoms with Gasteiger partial charge in [0.1, 0.15) is 18.5 Å². The third-order valence-electron chi connectivity index (χ3n) is 2.26. The second-order valence-electron chi connectivity index (χ2n) is 3.84. The second kappa shape index (κ2) is 8.29. The summed E-state index contributed by atoms with van der Waals surface area (Å²) < 4.78 is 10.5. The number of nitrogens with one attached hydrogen (secondary N) is 1. The van der Waals surface area contributed by atoms with Crippen LogP contribution in [0.2, 0.25) is 0 Å². The van der Waals surface area contributed by atoms with Crippen LogP contribution in [0.1, 0.15) is 6.92 Å². The van der Waals surface area contributed by atoms with E-state index in [1.54, 1.807) is 24.3 Å². The average molecular weight is 265 g/mol. The van der Waals surface area contributed by atoms with E-state index in [1.807, 2.05) is 6.92 Å². The fraction of sp³-hybridized carbons (Fsp3) is 0.357. The molecule has 0 heterocycles. The molecule has 0 radical (unpaired) electrons. The van der Waals surface area contributed by atoms with E-state index < -0.39 is 6.10 Å². The molecule has 0 fully saturated rings. The standard InChI is InChI=1S/C14H19NO4/c1-3-14(17)15-11-5-7-13(8-6-11)19-10-12(16)9-18-4-2/h3,5-8,12,16H,1,4,9-10H2,2H3,(H,15,17). The Morgan fingerprint density at radius 1 is 1.42 bits per heavy atom. The first kappa shape index (κ1) is 15.2. The van der Waals surface area contributed by atoms with Gasteiger partial charge in [0.25, 0.3) is 0 Å². The number of aliphatic hydroxyl groups is 1. The molecule has 1 amide bonds. The normalized spacial score (nSPS) is 11.7. The van der Waals surface area contributed by atoms with Gasteiger partial charge in [0.15, 0.2) is 0 Å². The van der Waals surface area contributed by atoms with Crippen molar-refractivity contribution in [2.75, 3.05) is 25.1 Å². The van der Waals surface area contributed by atoms with Gasteiger partial charge in [-0.2, -0.15) is 0 Å². The van der Waals surface area contributed by atoms with Gasteiger partial charge < -0.3 is 19.9 Å². The van der Waals surface area contributed by atoms with Gasteiger partial charge in [-0.25, -0.2) is 0 Å². The van der Waals surface area contributed by atoms with Crippen LogP contribution >= 0.6 is 0 Å². The van der Waals surface area contributed by atoms with Crippen molar-refractivity contribution in [1.29, 1.82) is 0 Å². The van der Waals surface area contributed by atoms with Crippen molar-refractivity contribution >= 4 is 11.6 Å². The third kappa shape index (κ3) is 6.03. The van der Waals surface area contributed by atoms with E-state index in [2.05, 4.69) is 11.9 Å². The van der Waals surface area contributed by atoms with Crippen molar-refractivity contribution in [3.8, 4) is 5.75 Å². The minimum atomic E-state index is -0.653. The summed E-state index contributed by atoms with van der Waals surface area (Å²) in [6, 6.07) is 6.86. The van der Waals surface area contributed by atoms with Crippen LogP contribution in [0.4, 0.5) is 5.69 Å². The lowest BCUT2D eigenvalue weighted by atomic mass is 10.3. The van der Waals surface area contributed by atoms with E-state index in [0.717, 1.165) is 0 Å². The van der Waals surface area contributed by atoms with Crippen molar-refractivity contribution in [1.82, 2.24) is 0 Å². The Balaban J connectivity index is 2.39. The summed E-state index contributed by atoms with van der Waals surface area (Å²) in [5, 5.41) is 12.2. The van der Waals surface area contributed by atoms with Crippen LogP contribution in [0.15, 0.2) is 36.9 Å². The molecule has 5 nitrogen and oxygen atoms in total. The Morgan fingerprint density at radius 3 is 2.68 bits per heavy atom. The highest BCUT2D eigenvalue weighted by Crippen LogP contribution is 2.15. The average Bonchev–Trinajstić information content (AvgIpc) is 2.44. The van der Waals surface area contributed by atoms with Crippen LogP contribution in [-0.2, 0) is 9.53 Å². The van der Waals surface area contributed by atoms with Gasteiger partial charge in [0.2, 0.25) is 5.91 Å². The smallest absolute Gasteiger partial charge is 0.247 e. The maximum atomic E-state index is 11.1. The monoisotopic (exact) mass is 265 g/mol. The number of anilines is 1. The van der Waals surface area contributed by atoms with Crippen molar-refractivity contribution in [3.63, 3.8) is 0 Å². The van der Waals surface area contributed by atoms with E-state index in [9.17, 15) is 9.90 Å². The van der Waals surface area contributed by atoms with E-state index in [4.69, 9.17) is 9.47 Å². The third-order valence-corrected chi connectivity index (χ3v) is 2.26. The SMILES string of the molecule is C=CC(=O)Nc1ccc(OCC(O)COCC)cc1. The van der Waals surface area contributed by atoms with Gasteiger partial charge in [-0.05, 0) is 37.3 Å². The number of benzene rings is 1. The molecular formula is C14H19NO4. The van der Waals surface area contributed by atoms with Gasteiger partial charge in [-0.1, -0.05) is 6.58 Å². The fourth-order valence-corrected chi connectivity index (χ4v) is 1.32. The van der Waals surface area contributed by atoms with E-state index >= 15 is 0 Å². The van der Waals surface area contributed by atoms with Crippen LogP contribution in [-0.4, -0.2) is 36.9 Å². The molecule has 0 spiro atoms. The number of rotatable bonds is 8. The Kier molecular flexibility index (Phi) is 6.63. The summed E-state index contributed by atoms with van der Waals surface area (Å²) in [4.78, 5) is 11.1. The van der Waals surface area contributed by atoms with Crippen LogP contribution in [0.25, 0.3) is 0 Å². The molecule has 1 atom stereocenters. The van der Waals surface area contributed by atoms with Crippen molar-refractivity contribution < 1.29 is 19.4 Å². The van der Waals surface area contributed by atoms with E-state index in [-0.39, 0.29) is 19.1 Å². The minimum absolute atomic E-state index is 0.165. The van der Waals surface area contributed by atoms with Gasteiger partial charge in [0, 0.05) is 12.3 Å². The summed E-state index contributed by atoms with van der Waals surface area (Å²) >= 11 is 0. The highest BCUT2D eigenvalue weighted by atomic mass is 16.5. The number of ether oxygens (including phenoxy) is 2. The Hall–Kier alpha value is -1.85. The zero-order chi connectivity index (χ0) is 14.1. The molecule has 5 heteroatoms. The van der Waals surface area contributed by atoms with Gasteiger partial charge in [-0.15, -0.1) is 0 Å². The van der Waals surface area contributed by atoms with Crippen molar-refractivity contribution in [2.24, 2.45) is 0 Å². The molecule has 0 aliphatic heterocycles. The second-order valence-corrected chi connectivity index (χ2v) is 3.84. The zero-order valence-electron chi connectivity index (χ0n) is 11.0. The maximum Gasteiger partial charge on any atom is 0.247 e. The molecule has 0 saturated heterocycles. The predicted octanol–water partition coefficient (Wildman–Crippen LogP) is 1.59. The molecule has 1 unspecified atom stereocenters. The molecular weight excluding hydrogens is 246 g/mol. The number of amides is 1. The molecule has 19 heavy (non-hydrogen) atoms. The van der Waals surface area contributed by atoms with Gasteiger partial charge >= 0.3 is 0 Å². The molecule has 104 valence electrons.